The standard InChI is InChI=1S/C46H92N2O5S/c1-7-9-11-13-15-17-19-21-23-25-27-29-31-33-35-37-44(49)47-41(3)39-43(46(5,6)54(51,52)53)40-42(4)48-45(50)38-36-34-32-30-28-26-24-22-20-18-16-14-12-10-8-2/h41-43H,7-40H2,1-6H3,(H,47,49)(H,48,50)(H,51,52,53). The van der Waals surface area contributed by atoms with Gasteiger partial charge in [-0.1, -0.05) is 194 Å². The van der Waals surface area contributed by atoms with E-state index in [1.54, 1.807) is 13.8 Å². The van der Waals surface area contributed by atoms with Gasteiger partial charge in [0.1, 0.15) is 0 Å². The fourth-order valence-electron chi connectivity index (χ4n) is 7.85. The summed E-state index contributed by atoms with van der Waals surface area (Å²) in [5.74, 6) is -0.467. The maximum absolute atomic E-state index is 12.7. The fourth-order valence-corrected chi connectivity index (χ4v) is 8.47. The van der Waals surface area contributed by atoms with E-state index in [9.17, 15) is 22.6 Å². The summed E-state index contributed by atoms with van der Waals surface area (Å²) in [6.45, 7) is 11.4. The molecule has 0 bridgehead atoms. The quantitative estimate of drug-likeness (QED) is 0.0423. The molecule has 0 rings (SSSR count). The number of hydrogen-bond acceptors (Lipinski definition) is 4. The van der Waals surface area contributed by atoms with Gasteiger partial charge in [0.05, 0.1) is 4.75 Å². The van der Waals surface area contributed by atoms with Gasteiger partial charge in [-0.2, -0.15) is 8.42 Å². The van der Waals surface area contributed by atoms with Crippen molar-refractivity contribution in [3.05, 3.63) is 0 Å². The van der Waals surface area contributed by atoms with Crippen LogP contribution in [0.5, 0.6) is 0 Å². The second-order valence-corrected chi connectivity index (χ2v) is 19.6. The lowest BCUT2D eigenvalue weighted by Gasteiger charge is -2.35. The fraction of sp³-hybridized carbons (Fsp3) is 0.957. The molecular formula is C46H92N2O5S. The molecule has 0 aliphatic carbocycles. The van der Waals surface area contributed by atoms with E-state index in [2.05, 4.69) is 24.5 Å². The lowest BCUT2D eigenvalue weighted by atomic mass is 9.83. The van der Waals surface area contributed by atoms with Crippen LogP contribution in [0, 0.1) is 5.92 Å². The predicted molar refractivity (Wildman–Crippen MR) is 233 cm³/mol. The summed E-state index contributed by atoms with van der Waals surface area (Å²) in [7, 11) is -4.35. The first-order valence-electron chi connectivity index (χ1n) is 23.4. The van der Waals surface area contributed by atoms with Gasteiger partial charge in [0.15, 0.2) is 0 Å². The van der Waals surface area contributed by atoms with E-state index >= 15 is 0 Å². The van der Waals surface area contributed by atoms with E-state index in [1.165, 1.54) is 154 Å². The minimum Gasteiger partial charge on any atom is -0.354 e. The van der Waals surface area contributed by atoms with Crippen LogP contribution in [0.1, 0.15) is 260 Å². The monoisotopic (exact) mass is 785 g/mol. The van der Waals surface area contributed by atoms with Gasteiger partial charge in [0, 0.05) is 24.9 Å². The highest BCUT2D eigenvalue weighted by Crippen LogP contribution is 2.33. The first-order valence-corrected chi connectivity index (χ1v) is 24.8. The number of amides is 2. The number of carbonyl (C=O) groups excluding carboxylic acids is 2. The van der Waals surface area contributed by atoms with Crippen LogP contribution in [0.25, 0.3) is 0 Å². The summed E-state index contributed by atoms with van der Waals surface area (Å²) < 4.78 is 33.5. The molecule has 54 heavy (non-hydrogen) atoms. The number of carbonyl (C=O) groups is 2. The molecule has 0 aromatic carbocycles. The molecule has 0 aromatic rings. The minimum atomic E-state index is -4.35. The molecular weight excluding hydrogens is 693 g/mol. The Morgan fingerprint density at radius 2 is 0.685 bits per heavy atom. The lowest BCUT2D eigenvalue weighted by molar-refractivity contribution is -0.122. The summed E-state index contributed by atoms with van der Waals surface area (Å²) in [6, 6.07) is -0.494. The highest BCUT2D eigenvalue weighted by Gasteiger charge is 2.42. The van der Waals surface area contributed by atoms with Crippen molar-refractivity contribution in [2.24, 2.45) is 5.92 Å². The highest BCUT2D eigenvalue weighted by molar-refractivity contribution is 7.87. The van der Waals surface area contributed by atoms with E-state index in [0.29, 0.717) is 25.7 Å². The molecule has 7 nitrogen and oxygen atoms in total. The molecule has 2 atom stereocenters. The van der Waals surface area contributed by atoms with Gasteiger partial charge in [-0.25, -0.2) is 0 Å². The van der Waals surface area contributed by atoms with Crippen molar-refractivity contribution in [2.45, 2.75) is 277 Å². The molecule has 0 aliphatic rings. The smallest absolute Gasteiger partial charge is 0.270 e. The van der Waals surface area contributed by atoms with E-state index in [0.717, 1.165) is 38.5 Å². The Bertz CT molecular complexity index is 930. The lowest BCUT2D eigenvalue weighted by Crippen LogP contribution is -2.46. The molecule has 2 amide bonds. The van der Waals surface area contributed by atoms with Crippen molar-refractivity contribution in [3.8, 4) is 0 Å². The van der Waals surface area contributed by atoms with Crippen LogP contribution in [-0.4, -0.2) is 41.6 Å². The number of nitrogens with one attached hydrogen (secondary N) is 2. The summed E-state index contributed by atoms with van der Waals surface area (Å²) in [5, 5.41) is 6.13. The van der Waals surface area contributed by atoms with Crippen LogP contribution in [0.3, 0.4) is 0 Å². The molecule has 0 saturated carbocycles. The maximum Gasteiger partial charge on any atom is 0.270 e. The molecule has 0 spiro atoms. The first kappa shape index (κ1) is 52.9. The minimum absolute atomic E-state index is 0.00884. The molecule has 0 aliphatic heterocycles. The molecule has 0 heterocycles. The van der Waals surface area contributed by atoms with Gasteiger partial charge in [0.2, 0.25) is 11.8 Å². The molecule has 2 unspecified atom stereocenters. The third-order valence-electron chi connectivity index (χ3n) is 11.8. The third kappa shape index (κ3) is 31.0. The van der Waals surface area contributed by atoms with Crippen molar-refractivity contribution in [2.75, 3.05) is 0 Å². The van der Waals surface area contributed by atoms with Crippen molar-refractivity contribution < 1.29 is 22.6 Å². The normalized spacial score (nSPS) is 13.8. The van der Waals surface area contributed by atoms with E-state index in [4.69, 9.17) is 0 Å². The molecule has 0 saturated heterocycles. The topological polar surface area (TPSA) is 113 Å². The SMILES string of the molecule is CCCCCCCCCCCCCCCCCC(=O)NC(C)CC(CC(C)NC(=O)CCCCCCCCCCCCCCCCC)C(C)(C)S(=O)(=O)O. The largest absolute Gasteiger partial charge is 0.354 e. The number of unbranched alkanes of at least 4 members (excludes halogenated alkanes) is 28. The Labute approximate surface area is 336 Å². The van der Waals surface area contributed by atoms with Crippen LogP contribution in [0.2, 0.25) is 0 Å². The van der Waals surface area contributed by atoms with Gasteiger partial charge >= 0.3 is 0 Å². The number of hydrogen-bond donors (Lipinski definition) is 3. The summed E-state index contributed by atoms with van der Waals surface area (Å²) in [4.78, 5) is 25.5. The Morgan fingerprint density at radius 3 is 0.907 bits per heavy atom. The van der Waals surface area contributed by atoms with Crippen LogP contribution in [0.15, 0.2) is 0 Å². The van der Waals surface area contributed by atoms with Crippen LogP contribution in [0.4, 0.5) is 0 Å². The first-order chi connectivity index (χ1) is 25.8. The van der Waals surface area contributed by atoms with E-state index in [-0.39, 0.29) is 23.9 Å². The van der Waals surface area contributed by atoms with Crippen molar-refractivity contribution in [3.63, 3.8) is 0 Å². The maximum atomic E-state index is 12.7. The summed E-state index contributed by atoms with van der Waals surface area (Å²) in [6.07, 6.45) is 40.3. The van der Waals surface area contributed by atoms with Crippen LogP contribution >= 0.6 is 0 Å². The van der Waals surface area contributed by atoms with E-state index < -0.39 is 20.8 Å². The average Bonchev–Trinajstić information content (AvgIpc) is 3.10. The zero-order valence-electron chi connectivity index (χ0n) is 36.8. The molecule has 322 valence electrons. The van der Waals surface area contributed by atoms with E-state index in [1.807, 2.05) is 13.8 Å². The zero-order valence-corrected chi connectivity index (χ0v) is 37.6. The van der Waals surface area contributed by atoms with Crippen molar-refractivity contribution in [1.29, 1.82) is 0 Å². The Hall–Kier alpha value is -1.15. The van der Waals surface area contributed by atoms with Crippen molar-refractivity contribution >= 4 is 21.9 Å². The van der Waals surface area contributed by atoms with Crippen molar-refractivity contribution in [1.82, 2.24) is 10.6 Å². The summed E-state index contributed by atoms with van der Waals surface area (Å²) >= 11 is 0. The van der Waals surface area contributed by atoms with Gasteiger partial charge in [-0.3, -0.25) is 14.1 Å². The Morgan fingerprint density at radius 1 is 0.463 bits per heavy atom. The molecule has 3 N–H and O–H groups in total. The van der Waals surface area contributed by atoms with Crippen LogP contribution < -0.4 is 10.6 Å². The predicted octanol–water partition coefficient (Wildman–Crippen LogP) is 13.6. The molecule has 0 radical (unpaired) electrons. The van der Waals surface area contributed by atoms with Gasteiger partial charge < -0.3 is 10.6 Å². The second-order valence-electron chi connectivity index (χ2n) is 17.6. The summed E-state index contributed by atoms with van der Waals surface area (Å²) in [5.41, 5.74) is 0. The van der Waals surface area contributed by atoms with Gasteiger partial charge in [-0.15, -0.1) is 0 Å². The van der Waals surface area contributed by atoms with Gasteiger partial charge in [-0.05, 0) is 59.3 Å². The Balaban J connectivity index is 4.25. The molecule has 0 fully saturated rings. The van der Waals surface area contributed by atoms with Gasteiger partial charge in [0.25, 0.3) is 10.1 Å². The molecule has 0 aromatic heterocycles. The highest BCUT2D eigenvalue weighted by atomic mass is 32.2. The molecule has 8 heteroatoms. The third-order valence-corrected chi connectivity index (χ3v) is 13.4. The zero-order chi connectivity index (χ0) is 40.3. The van der Waals surface area contributed by atoms with Crippen LogP contribution in [-0.2, 0) is 19.7 Å². The Kier molecular flexibility index (Phi) is 34.3. The second kappa shape index (κ2) is 35.0. The average molecular weight is 785 g/mol. The number of rotatable bonds is 40.